The molecule has 0 saturated heterocycles. The minimum Gasteiger partial charge on any atom is -0.437 e. The van der Waals surface area contributed by atoms with Crippen LogP contribution in [0.4, 0.5) is 8.78 Å². The quantitative estimate of drug-likeness (QED) is 0.436. The van der Waals surface area contributed by atoms with Crippen LogP contribution < -0.4 is 4.74 Å². The predicted molar refractivity (Wildman–Crippen MR) is 92.3 cm³/mol. The molecule has 0 radical (unpaired) electrons. The number of benzene rings is 1. The Kier molecular flexibility index (Phi) is 5.95. The van der Waals surface area contributed by atoms with Crippen LogP contribution in [0.2, 0.25) is 0 Å². The van der Waals surface area contributed by atoms with Crippen molar-refractivity contribution in [2.45, 2.75) is 13.3 Å². The number of pyridine rings is 1. The Hall–Kier alpha value is -2.82. The van der Waals surface area contributed by atoms with Gasteiger partial charge in [-0.15, -0.1) is 0 Å². The van der Waals surface area contributed by atoms with Crippen LogP contribution in [0.3, 0.4) is 0 Å². The second kappa shape index (κ2) is 8.15. The fourth-order valence-electron chi connectivity index (χ4n) is 2.21. The van der Waals surface area contributed by atoms with Crippen molar-refractivity contribution >= 4 is 6.21 Å². The molecular weight excluding hydrogens is 310 g/mol. The molecular formula is C19H18F2N2O. The van der Waals surface area contributed by atoms with Crippen LogP contribution >= 0.6 is 0 Å². The zero-order chi connectivity index (χ0) is 17.5. The van der Waals surface area contributed by atoms with Crippen LogP contribution in [0, 0.1) is 11.6 Å². The Labute approximate surface area is 140 Å². The summed E-state index contributed by atoms with van der Waals surface area (Å²) in [4.78, 5) is 8.05. The van der Waals surface area contributed by atoms with Crippen molar-refractivity contribution in [1.29, 1.82) is 0 Å². The molecule has 0 amide bonds. The van der Waals surface area contributed by atoms with Gasteiger partial charge in [-0.25, -0.2) is 13.8 Å². The van der Waals surface area contributed by atoms with Gasteiger partial charge in [-0.1, -0.05) is 19.6 Å². The standard InChI is InChI=1S/C19H18F2N2O/c1-4-7-14(12-22-3)24-19-15(8-6-9-23-19)16-10-13(5-2)17(20)11-18(16)21/h4,6-12H,1,5H2,2-3H3/b14-7+,22-12-. The van der Waals surface area contributed by atoms with Crippen molar-refractivity contribution in [3.63, 3.8) is 0 Å². The molecule has 0 unspecified atom stereocenters. The number of hydrogen-bond acceptors (Lipinski definition) is 3. The van der Waals surface area contributed by atoms with Crippen LogP contribution in [0.5, 0.6) is 5.88 Å². The number of rotatable bonds is 6. The Balaban J connectivity index is 2.54. The minimum atomic E-state index is -0.666. The van der Waals surface area contributed by atoms with E-state index in [2.05, 4.69) is 16.6 Å². The highest BCUT2D eigenvalue weighted by Gasteiger charge is 2.16. The first-order valence-electron chi connectivity index (χ1n) is 7.46. The van der Waals surface area contributed by atoms with E-state index in [4.69, 9.17) is 4.74 Å². The molecule has 5 heteroatoms. The summed E-state index contributed by atoms with van der Waals surface area (Å²) in [7, 11) is 1.60. The van der Waals surface area contributed by atoms with Crippen LogP contribution in [0.15, 0.2) is 59.9 Å². The summed E-state index contributed by atoms with van der Waals surface area (Å²) in [6, 6.07) is 5.71. The first kappa shape index (κ1) is 17.5. The smallest absolute Gasteiger partial charge is 0.227 e. The van der Waals surface area contributed by atoms with E-state index in [1.54, 1.807) is 31.3 Å². The van der Waals surface area contributed by atoms with E-state index in [0.717, 1.165) is 6.07 Å². The summed E-state index contributed by atoms with van der Waals surface area (Å²) in [6.07, 6.45) is 6.66. The predicted octanol–water partition coefficient (Wildman–Crippen LogP) is 4.74. The first-order valence-corrected chi connectivity index (χ1v) is 7.46. The molecule has 2 aromatic rings. The average Bonchev–Trinajstić information content (AvgIpc) is 2.56. The van der Waals surface area contributed by atoms with Gasteiger partial charge in [0.15, 0.2) is 0 Å². The molecule has 24 heavy (non-hydrogen) atoms. The van der Waals surface area contributed by atoms with E-state index in [0.29, 0.717) is 23.3 Å². The summed E-state index contributed by atoms with van der Waals surface area (Å²) in [5.41, 5.74) is 1.10. The Morgan fingerprint density at radius 1 is 1.29 bits per heavy atom. The summed E-state index contributed by atoms with van der Waals surface area (Å²) >= 11 is 0. The molecule has 3 nitrogen and oxygen atoms in total. The maximum atomic E-state index is 14.3. The van der Waals surface area contributed by atoms with Crippen molar-refractivity contribution in [3.8, 4) is 17.0 Å². The van der Waals surface area contributed by atoms with Gasteiger partial charge in [0.2, 0.25) is 5.88 Å². The minimum absolute atomic E-state index is 0.207. The fraction of sp³-hybridized carbons (Fsp3) is 0.158. The third-order valence-corrected chi connectivity index (χ3v) is 3.33. The van der Waals surface area contributed by atoms with Gasteiger partial charge in [0, 0.05) is 30.4 Å². The molecule has 0 fully saturated rings. The molecule has 0 aliphatic carbocycles. The zero-order valence-electron chi connectivity index (χ0n) is 13.6. The molecule has 0 aliphatic rings. The van der Waals surface area contributed by atoms with E-state index in [9.17, 15) is 8.78 Å². The van der Waals surface area contributed by atoms with E-state index in [1.807, 2.05) is 6.92 Å². The molecule has 2 rings (SSSR count). The van der Waals surface area contributed by atoms with Gasteiger partial charge in [0.1, 0.15) is 17.4 Å². The molecule has 0 spiro atoms. The number of allylic oxidation sites excluding steroid dienone is 3. The number of aliphatic imine (C=N–C) groups is 1. The summed E-state index contributed by atoms with van der Waals surface area (Å²) in [5.74, 6) is -0.611. The number of nitrogens with zero attached hydrogens (tertiary/aromatic N) is 2. The number of ether oxygens (including phenoxy) is 1. The SMILES string of the molecule is C=C/C=C(\C=N/C)Oc1ncccc1-c1cc(CC)c(F)cc1F. The van der Waals surface area contributed by atoms with Crippen LogP contribution in [0.1, 0.15) is 12.5 Å². The van der Waals surface area contributed by atoms with Gasteiger partial charge >= 0.3 is 0 Å². The lowest BCUT2D eigenvalue weighted by Crippen LogP contribution is -2.01. The average molecular weight is 328 g/mol. The third-order valence-electron chi connectivity index (χ3n) is 3.33. The molecule has 0 bridgehead atoms. The van der Waals surface area contributed by atoms with Crippen LogP contribution in [0.25, 0.3) is 11.1 Å². The van der Waals surface area contributed by atoms with Crippen LogP contribution in [-0.4, -0.2) is 18.2 Å². The maximum Gasteiger partial charge on any atom is 0.227 e. The molecule has 0 saturated carbocycles. The van der Waals surface area contributed by atoms with Crippen molar-refractivity contribution in [1.82, 2.24) is 4.98 Å². The largest absolute Gasteiger partial charge is 0.437 e. The Morgan fingerprint density at radius 3 is 2.75 bits per heavy atom. The van der Waals surface area contributed by atoms with Gasteiger partial charge in [-0.2, -0.15) is 0 Å². The molecule has 0 N–H and O–H groups in total. The van der Waals surface area contributed by atoms with Gasteiger partial charge < -0.3 is 4.74 Å². The molecule has 1 heterocycles. The second-order valence-corrected chi connectivity index (χ2v) is 4.93. The van der Waals surface area contributed by atoms with Gasteiger partial charge in [-0.05, 0) is 36.3 Å². The van der Waals surface area contributed by atoms with Crippen molar-refractivity contribution in [3.05, 3.63) is 72.2 Å². The van der Waals surface area contributed by atoms with Crippen molar-refractivity contribution in [2.24, 2.45) is 4.99 Å². The topological polar surface area (TPSA) is 34.5 Å². The maximum absolute atomic E-state index is 14.3. The lowest BCUT2D eigenvalue weighted by molar-refractivity contribution is 0.440. The third kappa shape index (κ3) is 3.93. The second-order valence-electron chi connectivity index (χ2n) is 4.93. The van der Waals surface area contributed by atoms with E-state index in [1.165, 1.54) is 18.5 Å². The van der Waals surface area contributed by atoms with E-state index >= 15 is 0 Å². The Bertz CT molecular complexity index is 798. The van der Waals surface area contributed by atoms with E-state index < -0.39 is 11.6 Å². The molecule has 1 aromatic heterocycles. The first-order chi connectivity index (χ1) is 11.6. The molecule has 0 aliphatic heterocycles. The number of hydrogen-bond donors (Lipinski definition) is 0. The number of aromatic nitrogens is 1. The molecule has 0 atom stereocenters. The zero-order valence-corrected chi connectivity index (χ0v) is 13.6. The molecule has 1 aromatic carbocycles. The highest BCUT2D eigenvalue weighted by atomic mass is 19.1. The van der Waals surface area contributed by atoms with Crippen molar-refractivity contribution in [2.75, 3.05) is 7.05 Å². The summed E-state index contributed by atoms with van der Waals surface area (Å²) < 4.78 is 33.7. The van der Waals surface area contributed by atoms with Crippen molar-refractivity contribution < 1.29 is 13.5 Å². The summed E-state index contributed by atoms with van der Waals surface area (Å²) in [6.45, 7) is 5.42. The summed E-state index contributed by atoms with van der Waals surface area (Å²) in [5, 5.41) is 0. The monoisotopic (exact) mass is 328 g/mol. The lowest BCUT2D eigenvalue weighted by Gasteiger charge is -2.12. The highest BCUT2D eigenvalue weighted by molar-refractivity contribution is 5.78. The highest BCUT2D eigenvalue weighted by Crippen LogP contribution is 2.32. The number of halogens is 2. The van der Waals surface area contributed by atoms with Crippen LogP contribution in [-0.2, 0) is 6.42 Å². The Morgan fingerprint density at radius 2 is 2.08 bits per heavy atom. The number of aryl methyl sites for hydroxylation is 1. The molecule has 124 valence electrons. The van der Waals surface area contributed by atoms with Gasteiger partial charge in [0.05, 0.1) is 6.21 Å². The lowest BCUT2D eigenvalue weighted by atomic mass is 10.0. The van der Waals surface area contributed by atoms with Gasteiger partial charge in [-0.3, -0.25) is 4.99 Å². The normalized spacial score (nSPS) is 11.8. The van der Waals surface area contributed by atoms with Gasteiger partial charge in [0.25, 0.3) is 0 Å². The fourth-order valence-corrected chi connectivity index (χ4v) is 2.21. The van der Waals surface area contributed by atoms with E-state index in [-0.39, 0.29) is 11.4 Å².